The molecule has 2 amide bonds. The van der Waals surface area contributed by atoms with Crippen LogP contribution in [0.5, 0.6) is 0 Å². The molecule has 28 heavy (non-hydrogen) atoms. The van der Waals surface area contributed by atoms with Crippen molar-refractivity contribution in [2.24, 2.45) is 0 Å². The molecule has 0 unspecified atom stereocenters. The Morgan fingerprint density at radius 2 is 1.61 bits per heavy atom. The first-order valence-electron chi connectivity index (χ1n) is 9.78. The van der Waals surface area contributed by atoms with E-state index in [4.69, 9.17) is 11.6 Å². The van der Waals surface area contributed by atoms with Crippen molar-refractivity contribution in [1.82, 2.24) is 10.2 Å². The number of hydrogen-bond acceptors (Lipinski definition) is 3. The van der Waals surface area contributed by atoms with Gasteiger partial charge in [-0.1, -0.05) is 54.1 Å². The fourth-order valence-corrected chi connectivity index (χ4v) is 4.13. The summed E-state index contributed by atoms with van der Waals surface area (Å²) in [5, 5.41) is 3.21. The molecule has 1 saturated heterocycles. The average molecular weight is 399 g/mol. The SMILES string of the molecule is CN(CCCC1(c2ccccc2)CC(=O)NC(=O)C1)CCc1ccc(Cl)cc1. The average Bonchev–Trinajstić information content (AvgIpc) is 2.67. The first-order valence-corrected chi connectivity index (χ1v) is 10.2. The number of likely N-dealkylation sites (N-methyl/N-ethyl adjacent to an activating group) is 1. The van der Waals surface area contributed by atoms with Gasteiger partial charge in [0, 0.05) is 29.8 Å². The largest absolute Gasteiger partial charge is 0.306 e. The van der Waals surface area contributed by atoms with Gasteiger partial charge in [-0.05, 0) is 56.1 Å². The molecule has 1 N–H and O–H groups in total. The zero-order chi connectivity index (χ0) is 20.0. The van der Waals surface area contributed by atoms with Gasteiger partial charge in [0.05, 0.1) is 0 Å². The van der Waals surface area contributed by atoms with Crippen molar-refractivity contribution in [2.75, 3.05) is 20.1 Å². The highest BCUT2D eigenvalue weighted by molar-refractivity contribution is 6.30. The predicted octanol–water partition coefficient (Wildman–Crippen LogP) is 3.97. The number of benzene rings is 2. The Balaban J connectivity index is 1.57. The summed E-state index contributed by atoms with van der Waals surface area (Å²) in [6.45, 7) is 1.89. The van der Waals surface area contributed by atoms with Gasteiger partial charge in [-0.3, -0.25) is 14.9 Å². The van der Waals surface area contributed by atoms with Crippen molar-refractivity contribution in [3.8, 4) is 0 Å². The van der Waals surface area contributed by atoms with E-state index in [-0.39, 0.29) is 11.8 Å². The van der Waals surface area contributed by atoms with E-state index in [1.54, 1.807) is 0 Å². The zero-order valence-electron chi connectivity index (χ0n) is 16.3. The Morgan fingerprint density at radius 1 is 0.964 bits per heavy atom. The molecule has 5 heteroatoms. The van der Waals surface area contributed by atoms with Gasteiger partial charge < -0.3 is 4.90 Å². The second kappa shape index (κ2) is 9.35. The van der Waals surface area contributed by atoms with E-state index in [9.17, 15) is 9.59 Å². The van der Waals surface area contributed by atoms with Gasteiger partial charge in [0.2, 0.25) is 11.8 Å². The molecule has 0 bridgehead atoms. The Bertz CT molecular complexity index is 789. The lowest BCUT2D eigenvalue weighted by atomic mass is 9.69. The Kier molecular flexibility index (Phi) is 6.87. The van der Waals surface area contributed by atoms with Gasteiger partial charge in [-0.2, -0.15) is 0 Å². The number of imide groups is 1. The molecule has 1 heterocycles. The van der Waals surface area contributed by atoms with Crippen molar-refractivity contribution in [3.63, 3.8) is 0 Å². The van der Waals surface area contributed by atoms with E-state index < -0.39 is 5.41 Å². The summed E-state index contributed by atoms with van der Waals surface area (Å²) < 4.78 is 0. The summed E-state index contributed by atoms with van der Waals surface area (Å²) in [7, 11) is 2.11. The number of rotatable bonds is 8. The standard InChI is InChI=1S/C23H27ClN2O2/c1-26(15-12-18-8-10-20(24)11-9-18)14-5-13-23(19-6-3-2-4-7-19)16-21(27)25-22(28)17-23/h2-4,6-11H,5,12-17H2,1H3,(H,25,27,28). The number of halogens is 1. The van der Waals surface area contributed by atoms with Crippen LogP contribution in [0.25, 0.3) is 0 Å². The Hall–Kier alpha value is -2.17. The fourth-order valence-electron chi connectivity index (χ4n) is 4.01. The van der Waals surface area contributed by atoms with Gasteiger partial charge >= 0.3 is 0 Å². The van der Waals surface area contributed by atoms with Gasteiger partial charge in [-0.25, -0.2) is 0 Å². The van der Waals surface area contributed by atoms with Crippen molar-refractivity contribution in [1.29, 1.82) is 0 Å². The quantitative estimate of drug-likeness (QED) is 0.684. The second-order valence-electron chi connectivity index (χ2n) is 7.75. The number of amides is 2. The molecule has 2 aromatic rings. The molecule has 1 aliphatic rings. The van der Waals surface area contributed by atoms with Gasteiger partial charge in [0.25, 0.3) is 0 Å². The van der Waals surface area contributed by atoms with Crippen LogP contribution >= 0.6 is 11.6 Å². The highest BCUT2D eigenvalue weighted by Crippen LogP contribution is 2.38. The van der Waals surface area contributed by atoms with Crippen LogP contribution in [-0.2, 0) is 21.4 Å². The van der Waals surface area contributed by atoms with Crippen LogP contribution in [0, 0.1) is 0 Å². The van der Waals surface area contributed by atoms with Crippen molar-refractivity contribution < 1.29 is 9.59 Å². The lowest BCUT2D eigenvalue weighted by molar-refractivity contribution is -0.135. The van der Waals surface area contributed by atoms with E-state index in [0.29, 0.717) is 12.8 Å². The smallest absolute Gasteiger partial charge is 0.227 e. The van der Waals surface area contributed by atoms with Crippen LogP contribution in [0.1, 0.15) is 36.8 Å². The number of nitrogens with one attached hydrogen (secondary N) is 1. The molecule has 148 valence electrons. The van der Waals surface area contributed by atoms with E-state index in [1.807, 2.05) is 42.5 Å². The van der Waals surface area contributed by atoms with Crippen molar-refractivity contribution >= 4 is 23.4 Å². The minimum Gasteiger partial charge on any atom is -0.306 e. The summed E-state index contributed by atoms with van der Waals surface area (Å²) in [6.07, 6.45) is 3.47. The molecule has 0 saturated carbocycles. The van der Waals surface area contributed by atoms with E-state index in [0.717, 1.165) is 42.9 Å². The lowest BCUT2D eigenvalue weighted by Crippen LogP contribution is -2.47. The van der Waals surface area contributed by atoms with Crippen LogP contribution in [0.4, 0.5) is 0 Å². The van der Waals surface area contributed by atoms with Gasteiger partial charge in [0.1, 0.15) is 0 Å². The van der Waals surface area contributed by atoms with Crippen LogP contribution in [0.15, 0.2) is 54.6 Å². The minimum atomic E-state index is -0.391. The van der Waals surface area contributed by atoms with E-state index in [2.05, 4.69) is 29.4 Å². The van der Waals surface area contributed by atoms with Crippen LogP contribution < -0.4 is 5.32 Å². The number of piperidine rings is 1. The number of nitrogens with zero attached hydrogens (tertiary/aromatic N) is 1. The third-order valence-electron chi connectivity index (χ3n) is 5.55. The first kappa shape index (κ1) is 20.6. The number of carbonyl (C=O) groups excluding carboxylic acids is 2. The van der Waals surface area contributed by atoms with E-state index in [1.165, 1.54) is 5.56 Å². The minimum absolute atomic E-state index is 0.170. The molecule has 1 aliphatic heterocycles. The van der Waals surface area contributed by atoms with E-state index >= 15 is 0 Å². The zero-order valence-corrected chi connectivity index (χ0v) is 17.0. The molecule has 3 rings (SSSR count). The lowest BCUT2D eigenvalue weighted by Gasteiger charge is -2.37. The Labute approximate surface area is 171 Å². The molecular weight excluding hydrogens is 372 g/mol. The summed E-state index contributed by atoms with van der Waals surface area (Å²) >= 11 is 5.94. The van der Waals surface area contributed by atoms with Crippen LogP contribution in [0.3, 0.4) is 0 Å². The Morgan fingerprint density at radius 3 is 2.25 bits per heavy atom. The predicted molar refractivity (Wildman–Crippen MR) is 112 cm³/mol. The van der Waals surface area contributed by atoms with Crippen LogP contribution in [0.2, 0.25) is 5.02 Å². The number of hydrogen-bond donors (Lipinski definition) is 1. The summed E-state index contributed by atoms with van der Waals surface area (Å²) in [5.74, 6) is -0.340. The van der Waals surface area contributed by atoms with Crippen molar-refractivity contribution in [3.05, 3.63) is 70.7 Å². The molecule has 0 aromatic heterocycles. The second-order valence-corrected chi connectivity index (χ2v) is 8.19. The van der Waals surface area contributed by atoms with Crippen molar-refractivity contribution in [2.45, 2.75) is 37.5 Å². The molecule has 4 nitrogen and oxygen atoms in total. The normalized spacial score (nSPS) is 16.2. The molecule has 1 fully saturated rings. The number of carbonyl (C=O) groups is 2. The summed E-state index contributed by atoms with van der Waals surface area (Å²) in [6, 6.07) is 18.0. The molecule has 0 spiro atoms. The first-order chi connectivity index (χ1) is 13.5. The highest BCUT2D eigenvalue weighted by atomic mass is 35.5. The molecular formula is C23H27ClN2O2. The maximum Gasteiger partial charge on any atom is 0.227 e. The maximum atomic E-state index is 12.1. The molecule has 0 radical (unpaired) electrons. The molecule has 0 atom stereocenters. The molecule has 0 aliphatic carbocycles. The van der Waals surface area contributed by atoms with Gasteiger partial charge in [-0.15, -0.1) is 0 Å². The fraction of sp³-hybridized carbons (Fsp3) is 0.391. The highest BCUT2D eigenvalue weighted by Gasteiger charge is 2.40. The third kappa shape index (κ3) is 5.43. The van der Waals surface area contributed by atoms with Gasteiger partial charge in [0.15, 0.2) is 0 Å². The van der Waals surface area contributed by atoms with Crippen LogP contribution in [-0.4, -0.2) is 36.9 Å². The monoisotopic (exact) mass is 398 g/mol. The topological polar surface area (TPSA) is 49.4 Å². The third-order valence-corrected chi connectivity index (χ3v) is 5.81. The summed E-state index contributed by atoms with van der Waals surface area (Å²) in [4.78, 5) is 26.5. The maximum absolute atomic E-state index is 12.1. The molecule has 2 aromatic carbocycles. The summed E-state index contributed by atoms with van der Waals surface area (Å²) in [5.41, 5.74) is 1.96.